The topological polar surface area (TPSA) is 93.9 Å². The molecule has 0 saturated heterocycles. The van der Waals surface area contributed by atoms with Crippen molar-refractivity contribution in [3.8, 4) is 17.2 Å². The van der Waals surface area contributed by atoms with E-state index >= 15 is 0 Å². The number of carboxylic acids is 1. The lowest BCUT2D eigenvalue weighted by Gasteiger charge is -2.15. The van der Waals surface area contributed by atoms with Gasteiger partial charge in [-0.2, -0.15) is 31.6 Å². The summed E-state index contributed by atoms with van der Waals surface area (Å²) in [5, 5.41) is 18.2. The molecule has 1 heterocycles. The van der Waals surface area contributed by atoms with Gasteiger partial charge in [0.05, 0.1) is 11.1 Å². The molecule has 0 aliphatic carbocycles. The SMILES string of the molecule is N#Cc1c(-c2ccc(C(F)(F)F)cc2)c(C(=O)O)c(C(F)(F)F)[nH]c1=O. The maximum Gasteiger partial charge on any atom is 0.432 e. The van der Waals surface area contributed by atoms with Crippen molar-refractivity contribution in [2.75, 3.05) is 0 Å². The van der Waals surface area contributed by atoms with Crippen LogP contribution in [0.2, 0.25) is 0 Å². The van der Waals surface area contributed by atoms with Gasteiger partial charge in [0.1, 0.15) is 17.3 Å². The highest BCUT2D eigenvalue weighted by Gasteiger charge is 2.40. The highest BCUT2D eigenvalue weighted by Crippen LogP contribution is 2.37. The number of nitrogens with one attached hydrogen (secondary N) is 1. The molecule has 0 atom stereocenters. The Balaban J connectivity index is 2.91. The van der Waals surface area contributed by atoms with Crippen LogP contribution in [0.15, 0.2) is 29.1 Å². The largest absolute Gasteiger partial charge is 0.478 e. The number of rotatable bonds is 2. The van der Waals surface area contributed by atoms with E-state index in [0.29, 0.717) is 24.3 Å². The fraction of sp³-hybridized carbons (Fsp3) is 0.133. The number of nitriles is 1. The number of halogens is 6. The predicted octanol–water partition coefficient (Wildman–Crippen LogP) is 3.65. The molecule has 26 heavy (non-hydrogen) atoms. The number of aromatic amines is 1. The molecule has 0 bridgehead atoms. The van der Waals surface area contributed by atoms with Crippen molar-refractivity contribution in [2.45, 2.75) is 12.4 Å². The zero-order valence-electron chi connectivity index (χ0n) is 12.3. The van der Waals surface area contributed by atoms with Gasteiger partial charge >= 0.3 is 18.3 Å². The van der Waals surface area contributed by atoms with Gasteiger partial charge in [-0.15, -0.1) is 0 Å². The lowest BCUT2D eigenvalue weighted by molar-refractivity contribution is -0.141. The van der Waals surface area contributed by atoms with Gasteiger partial charge in [-0.25, -0.2) is 4.79 Å². The Bertz CT molecular complexity index is 966. The molecule has 136 valence electrons. The molecule has 0 unspecified atom stereocenters. The van der Waals surface area contributed by atoms with E-state index in [1.54, 1.807) is 0 Å². The number of benzene rings is 1. The third kappa shape index (κ3) is 3.39. The summed E-state index contributed by atoms with van der Waals surface area (Å²) >= 11 is 0. The van der Waals surface area contributed by atoms with Crippen LogP contribution >= 0.6 is 0 Å². The first-order valence-corrected chi connectivity index (χ1v) is 6.56. The Hall–Kier alpha value is -3.29. The average molecular weight is 376 g/mol. The van der Waals surface area contributed by atoms with Crippen LogP contribution < -0.4 is 5.56 Å². The van der Waals surface area contributed by atoms with Gasteiger partial charge in [0, 0.05) is 5.56 Å². The molecule has 11 heteroatoms. The van der Waals surface area contributed by atoms with E-state index in [2.05, 4.69) is 0 Å². The zero-order chi connectivity index (χ0) is 19.9. The molecule has 0 radical (unpaired) electrons. The van der Waals surface area contributed by atoms with E-state index in [4.69, 9.17) is 10.4 Å². The van der Waals surface area contributed by atoms with Crippen molar-refractivity contribution >= 4 is 5.97 Å². The molecule has 0 spiro atoms. The van der Waals surface area contributed by atoms with E-state index in [-0.39, 0.29) is 0 Å². The van der Waals surface area contributed by atoms with E-state index in [1.165, 1.54) is 11.1 Å². The van der Waals surface area contributed by atoms with Crippen LogP contribution in [-0.4, -0.2) is 16.1 Å². The quantitative estimate of drug-likeness (QED) is 0.783. The van der Waals surface area contributed by atoms with Crippen molar-refractivity contribution in [1.82, 2.24) is 4.98 Å². The van der Waals surface area contributed by atoms with Gasteiger partial charge in [-0.1, -0.05) is 12.1 Å². The standard InChI is InChI=1S/C15H6F6N2O3/c16-14(17,18)7-3-1-6(2-4-7)9-8(5-22)12(24)23-11(15(19,20)21)10(9)13(25)26/h1-4H,(H,23,24)(H,25,26). The maximum absolute atomic E-state index is 13.1. The summed E-state index contributed by atoms with van der Waals surface area (Å²) in [6.07, 6.45) is -10.0. The molecule has 0 fully saturated rings. The van der Waals surface area contributed by atoms with Crippen molar-refractivity contribution < 1.29 is 36.2 Å². The van der Waals surface area contributed by atoms with Gasteiger partial charge < -0.3 is 10.1 Å². The summed E-state index contributed by atoms with van der Waals surface area (Å²) in [6, 6.07) is 3.65. The highest BCUT2D eigenvalue weighted by molar-refractivity contribution is 5.99. The number of aromatic carboxylic acids is 1. The molecule has 1 aromatic heterocycles. The molecular weight excluding hydrogens is 370 g/mol. The van der Waals surface area contributed by atoms with Crippen LogP contribution in [0.1, 0.15) is 27.2 Å². The molecule has 2 N–H and O–H groups in total. The Labute approximate surface area is 140 Å². The molecule has 2 rings (SSSR count). The van der Waals surface area contributed by atoms with Gasteiger partial charge in [-0.05, 0) is 17.7 Å². The average Bonchev–Trinajstić information content (AvgIpc) is 2.51. The Morgan fingerprint density at radius 2 is 1.58 bits per heavy atom. The van der Waals surface area contributed by atoms with Crippen LogP contribution in [0.3, 0.4) is 0 Å². The van der Waals surface area contributed by atoms with Crippen molar-refractivity contribution in [2.24, 2.45) is 0 Å². The van der Waals surface area contributed by atoms with E-state index in [1.807, 2.05) is 0 Å². The monoisotopic (exact) mass is 376 g/mol. The smallest absolute Gasteiger partial charge is 0.432 e. The first kappa shape index (κ1) is 19.0. The summed E-state index contributed by atoms with van der Waals surface area (Å²) < 4.78 is 77.1. The summed E-state index contributed by atoms with van der Waals surface area (Å²) in [4.78, 5) is 24.4. The summed E-state index contributed by atoms with van der Waals surface area (Å²) in [6.45, 7) is 0. The van der Waals surface area contributed by atoms with Crippen molar-refractivity contribution in [1.29, 1.82) is 5.26 Å². The second kappa shape index (κ2) is 6.21. The summed E-state index contributed by atoms with van der Waals surface area (Å²) in [5.74, 6) is -2.11. The van der Waals surface area contributed by atoms with Gasteiger partial charge in [0.2, 0.25) is 0 Å². The van der Waals surface area contributed by atoms with Crippen LogP contribution in [0.25, 0.3) is 11.1 Å². The number of hydrogen-bond acceptors (Lipinski definition) is 3. The molecule has 0 aliphatic rings. The van der Waals surface area contributed by atoms with Crippen LogP contribution in [-0.2, 0) is 12.4 Å². The van der Waals surface area contributed by atoms with Gasteiger partial charge in [0.25, 0.3) is 5.56 Å². The number of H-pyrrole nitrogens is 1. The number of pyridine rings is 1. The molecule has 1 aromatic carbocycles. The number of alkyl halides is 6. The van der Waals surface area contributed by atoms with E-state index < -0.39 is 57.4 Å². The normalized spacial score (nSPS) is 11.9. The third-order valence-corrected chi connectivity index (χ3v) is 3.33. The first-order valence-electron chi connectivity index (χ1n) is 6.56. The number of carboxylic acid groups (broad SMARTS) is 1. The molecule has 2 aromatic rings. The Morgan fingerprint density at radius 3 is 1.96 bits per heavy atom. The lowest BCUT2D eigenvalue weighted by Crippen LogP contribution is -2.25. The predicted molar refractivity (Wildman–Crippen MR) is 74.2 cm³/mol. The van der Waals surface area contributed by atoms with Crippen molar-refractivity contribution in [3.63, 3.8) is 0 Å². The zero-order valence-corrected chi connectivity index (χ0v) is 12.3. The summed E-state index contributed by atoms with van der Waals surface area (Å²) in [5.41, 5.74) is -8.34. The van der Waals surface area contributed by atoms with Crippen molar-refractivity contribution in [3.05, 3.63) is 57.0 Å². The van der Waals surface area contributed by atoms with Gasteiger partial charge in [0.15, 0.2) is 0 Å². The minimum Gasteiger partial charge on any atom is -0.478 e. The maximum atomic E-state index is 13.1. The molecular formula is C15H6F6N2O3. The number of aromatic nitrogens is 1. The minimum absolute atomic E-state index is 0.455. The number of hydrogen-bond donors (Lipinski definition) is 2. The molecule has 5 nitrogen and oxygen atoms in total. The summed E-state index contributed by atoms with van der Waals surface area (Å²) in [7, 11) is 0. The van der Waals surface area contributed by atoms with E-state index in [0.717, 1.165) is 0 Å². The minimum atomic E-state index is -5.28. The van der Waals surface area contributed by atoms with Gasteiger partial charge in [-0.3, -0.25) is 4.79 Å². The third-order valence-electron chi connectivity index (χ3n) is 3.33. The van der Waals surface area contributed by atoms with Crippen LogP contribution in [0.4, 0.5) is 26.3 Å². The Kier molecular flexibility index (Phi) is 4.55. The second-order valence-electron chi connectivity index (χ2n) is 4.94. The fourth-order valence-electron chi connectivity index (χ4n) is 2.25. The van der Waals surface area contributed by atoms with E-state index in [9.17, 15) is 35.9 Å². The van der Waals surface area contributed by atoms with Crippen LogP contribution in [0, 0.1) is 11.3 Å². The second-order valence-corrected chi connectivity index (χ2v) is 4.94. The number of carbonyl (C=O) groups is 1. The molecule has 0 saturated carbocycles. The lowest BCUT2D eigenvalue weighted by atomic mass is 9.93. The number of nitrogens with zero attached hydrogens (tertiary/aromatic N) is 1. The first-order chi connectivity index (χ1) is 11.9. The fourth-order valence-corrected chi connectivity index (χ4v) is 2.25. The Morgan fingerprint density at radius 1 is 1.04 bits per heavy atom. The highest BCUT2D eigenvalue weighted by atomic mass is 19.4. The van der Waals surface area contributed by atoms with Crippen LogP contribution in [0.5, 0.6) is 0 Å². The molecule has 0 aliphatic heterocycles. The molecule has 0 amide bonds.